The van der Waals surface area contributed by atoms with Gasteiger partial charge in [-0.15, -0.1) is 0 Å². The molecule has 4 N–H and O–H groups in total. The average molecular weight is 334 g/mol. The standard InChI is InChI=1S/C16H22N4O4/c1-16(2,3)24-15(21)19-11-6-9(13-10(17)8-18-20-13)7-12(22-4)14(11)23-5/h6-8H,17H2,1-5H3,(H,18,20)(H,19,21). The molecule has 1 aromatic carbocycles. The quantitative estimate of drug-likeness (QED) is 0.792. The van der Waals surface area contributed by atoms with E-state index in [-0.39, 0.29) is 0 Å². The summed E-state index contributed by atoms with van der Waals surface area (Å²) in [6.45, 7) is 5.35. The largest absolute Gasteiger partial charge is 0.493 e. The third-order valence-corrected chi connectivity index (χ3v) is 3.07. The summed E-state index contributed by atoms with van der Waals surface area (Å²) in [6.07, 6.45) is 0.907. The number of nitrogens with two attached hydrogens (primary N) is 1. The molecule has 0 aliphatic rings. The predicted octanol–water partition coefficient (Wildman–Crippen LogP) is 3.02. The number of amides is 1. The second-order valence-corrected chi connectivity index (χ2v) is 6.09. The van der Waals surface area contributed by atoms with Crippen LogP contribution >= 0.6 is 0 Å². The molecule has 0 fully saturated rings. The third kappa shape index (κ3) is 3.89. The topological polar surface area (TPSA) is 111 Å². The van der Waals surface area contributed by atoms with E-state index in [1.807, 2.05) is 0 Å². The van der Waals surface area contributed by atoms with Crippen LogP contribution in [-0.2, 0) is 4.74 Å². The Hall–Kier alpha value is -2.90. The van der Waals surface area contributed by atoms with E-state index in [2.05, 4.69) is 15.5 Å². The number of rotatable bonds is 4. The normalized spacial score (nSPS) is 11.0. The van der Waals surface area contributed by atoms with Gasteiger partial charge in [-0.1, -0.05) is 0 Å². The summed E-state index contributed by atoms with van der Waals surface area (Å²) in [5, 5.41) is 9.39. The molecule has 0 bridgehead atoms. The maximum Gasteiger partial charge on any atom is 0.412 e. The molecule has 1 amide bonds. The van der Waals surface area contributed by atoms with Crippen LogP contribution in [0.2, 0.25) is 0 Å². The van der Waals surface area contributed by atoms with Crippen molar-refractivity contribution < 1.29 is 19.0 Å². The number of carbonyl (C=O) groups is 1. The number of carbonyl (C=O) groups excluding carboxylic acids is 1. The Balaban J connectivity index is 2.45. The van der Waals surface area contributed by atoms with Gasteiger partial charge in [0.2, 0.25) is 0 Å². The van der Waals surface area contributed by atoms with Gasteiger partial charge in [-0.05, 0) is 32.9 Å². The van der Waals surface area contributed by atoms with Gasteiger partial charge < -0.3 is 19.9 Å². The lowest BCUT2D eigenvalue weighted by molar-refractivity contribution is 0.0635. The van der Waals surface area contributed by atoms with E-state index in [9.17, 15) is 4.79 Å². The van der Waals surface area contributed by atoms with E-state index in [0.29, 0.717) is 34.1 Å². The summed E-state index contributed by atoms with van der Waals surface area (Å²) in [6, 6.07) is 3.44. The molecular formula is C16H22N4O4. The highest BCUT2D eigenvalue weighted by Crippen LogP contribution is 2.40. The van der Waals surface area contributed by atoms with Crippen LogP contribution in [0.25, 0.3) is 11.3 Å². The Morgan fingerprint density at radius 2 is 1.96 bits per heavy atom. The average Bonchev–Trinajstić information content (AvgIpc) is 2.90. The minimum Gasteiger partial charge on any atom is -0.493 e. The first-order valence-electron chi connectivity index (χ1n) is 7.30. The fourth-order valence-electron chi connectivity index (χ4n) is 2.14. The summed E-state index contributed by atoms with van der Waals surface area (Å²) >= 11 is 0. The van der Waals surface area contributed by atoms with Crippen LogP contribution in [0.1, 0.15) is 20.8 Å². The van der Waals surface area contributed by atoms with Crippen LogP contribution in [-0.4, -0.2) is 36.1 Å². The Bertz CT molecular complexity index is 734. The van der Waals surface area contributed by atoms with E-state index < -0.39 is 11.7 Å². The second-order valence-electron chi connectivity index (χ2n) is 6.09. The van der Waals surface area contributed by atoms with Crippen LogP contribution in [0.4, 0.5) is 16.2 Å². The van der Waals surface area contributed by atoms with Gasteiger partial charge >= 0.3 is 6.09 Å². The number of nitrogens with zero attached hydrogens (tertiary/aromatic N) is 1. The van der Waals surface area contributed by atoms with Gasteiger partial charge in [0, 0.05) is 5.56 Å². The fourth-order valence-corrected chi connectivity index (χ4v) is 2.14. The van der Waals surface area contributed by atoms with Crippen molar-refractivity contribution in [2.75, 3.05) is 25.3 Å². The van der Waals surface area contributed by atoms with Crippen LogP contribution < -0.4 is 20.5 Å². The molecule has 0 radical (unpaired) electrons. The van der Waals surface area contributed by atoms with Crippen molar-refractivity contribution in [2.24, 2.45) is 0 Å². The molecule has 8 nitrogen and oxygen atoms in total. The predicted molar refractivity (Wildman–Crippen MR) is 91.4 cm³/mol. The summed E-state index contributed by atoms with van der Waals surface area (Å²) in [4.78, 5) is 12.1. The van der Waals surface area contributed by atoms with Crippen molar-refractivity contribution in [3.05, 3.63) is 18.3 Å². The number of hydrogen-bond donors (Lipinski definition) is 3. The number of nitrogens with one attached hydrogen (secondary N) is 2. The number of anilines is 2. The highest BCUT2D eigenvalue weighted by Gasteiger charge is 2.21. The summed E-state index contributed by atoms with van der Waals surface area (Å²) in [7, 11) is 3.00. The fraction of sp³-hybridized carbons (Fsp3) is 0.375. The smallest absolute Gasteiger partial charge is 0.412 e. The van der Waals surface area contributed by atoms with E-state index in [1.165, 1.54) is 20.4 Å². The van der Waals surface area contributed by atoms with Crippen LogP contribution in [0.5, 0.6) is 11.5 Å². The molecule has 1 aromatic heterocycles. The molecule has 0 saturated heterocycles. The number of H-pyrrole nitrogens is 1. The molecule has 0 aliphatic carbocycles. The summed E-state index contributed by atoms with van der Waals surface area (Å²) in [5.74, 6) is 0.820. The van der Waals surface area contributed by atoms with E-state index in [0.717, 1.165) is 0 Å². The van der Waals surface area contributed by atoms with Gasteiger partial charge in [-0.3, -0.25) is 10.4 Å². The molecule has 8 heteroatoms. The van der Waals surface area contributed by atoms with E-state index in [1.54, 1.807) is 32.9 Å². The first kappa shape index (κ1) is 17.5. The Labute approximate surface area is 140 Å². The lowest BCUT2D eigenvalue weighted by Gasteiger charge is -2.21. The van der Waals surface area contributed by atoms with E-state index in [4.69, 9.17) is 19.9 Å². The molecule has 0 spiro atoms. The second kappa shape index (κ2) is 6.69. The maximum atomic E-state index is 12.1. The first-order chi connectivity index (χ1) is 11.2. The van der Waals surface area contributed by atoms with Crippen LogP contribution in [0, 0.1) is 0 Å². The molecule has 0 saturated carbocycles. The number of hydrogen-bond acceptors (Lipinski definition) is 6. The van der Waals surface area contributed by atoms with Crippen molar-refractivity contribution >= 4 is 17.5 Å². The minimum atomic E-state index is -0.618. The van der Waals surface area contributed by atoms with Crippen molar-refractivity contribution in [1.82, 2.24) is 10.2 Å². The van der Waals surface area contributed by atoms with Gasteiger partial charge in [-0.25, -0.2) is 4.79 Å². The Kier molecular flexibility index (Phi) is 4.87. The number of methoxy groups -OCH3 is 2. The van der Waals surface area contributed by atoms with Gasteiger partial charge in [0.1, 0.15) is 5.60 Å². The minimum absolute atomic E-state index is 0.380. The van der Waals surface area contributed by atoms with Gasteiger partial charge in [0.15, 0.2) is 11.5 Å². The highest BCUT2D eigenvalue weighted by atomic mass is 16.6. The molecule has 1 heterocycles. The zero-order valence-electron chi connectivity index (χ0n) is 14.4. The van der Waals surface area contributed by atoms with Gasteiger partial charge in [0.05, 0.1) is 37.5 Å². The Morgan fingerprint density at radius 3 is 2.46 bits per heavy atom. The Morgan fingerprint density at radius 1 is 1.25 bits per heavy atom. The number of nitrogen functional groups attached to an aromatic ring is 1. The van der Waals surface area contributed by atoms with Crippen LogP contribution in [0.15, 0.2) is 18.3 Å². The number of benzene rings is 1. The van der Waals surface area contributed by atoms with Crippen molar-refractivity contribution in [2.45, 2.75) is 26.4 Å². The van der Waals surface area contributed by atoms with Crippen molar-refractivity contribution in [1.29, 1.82) is 0 Å². The molecule has 0 atom stereocenters. The van der Waals surface area contributed by atoms with Gasteiger partial charge in [-0.2, -0.15) is 5.10 Å². The van der Waals surface area contributed by atoms with Crippen LogP contribution in [0.3, 0.4) is 0 Å². The summed E-state index contributed by atoms with van der Waals surface area (Å²) < 4.78 is 16.0. The number of aromatic amines is 1. The monoisotopic (exact) mass is 334 g/mol. The molecular weight excluding hydrogens is 312 g/mol. The highest BCUT2D eigenvalue weighted by molar-refractivity contribution is 5.90. The lowest BCUT2D eigenvalue weighted by Crippen LogP contribution is -2.27. The first-order valence-corrected chi connectivity index (χ1v) is 7.30. The molecule has 130 valence electrons. The molecule has 0 aliphatic heterocycles. The number of ether oxygens (including phenoxy) is 3. The molecule has 24 heavy (non-hydrogen) atoms. The third-order valence-electron chi connectivity index (χ3n) is 3.07. The SMILES string of the molecule is COc1cc(-c2[nH]ncc2N)cc(NC(=O)OC(C)(C)C)c1OC. The lowest BCUT2D eigenvalue weighted by atomic mass is 10.1. The number of aromatic nitrogens is 2. The summed E-state index contributed by atoms with van der Waals surface area (Å²) in [5.41, 5.74) is 7.45. The molecule has 2 rings (SSSR count). The van der Waals surface area contributed by atoms with E-state index >= 15 is 0 Å². The maximum absolute atomic E-state index is 12.1. The molecule has 2 aromatic rings. The zero-order chi connectivity index (χ0) is 17.9. The van der Waals surface area contributed by atoms with Gasteiger partial charge in [0.25, 0.3) is 0 Å². The van der Waals surface area contributed by atoms with Crippen molar-refractivity contribution in [3.63, 3.8) is 0 Å². The zero-order valence-corrected chi connectivity index (χ0v) is 14.4. The molecule has 0 unspecified atom stereocenters. The van der Waals surface area contributed by atoms with Crippen molar-refractivity contribution in [3.8, 4) is 22.8 Å².